The average molecular weight is 400 g/mol. The van der Waals surface area contributed by atoms with Gasteiger partial charge in [-0.1, -0.05) is 29.8 Å². The Bertz CT molecular complexity index is 866. The minimum atomic E-state index is -3.85. The fourth-order valence-electron chi connectivity index (χ4n) is 2.26. The maximum absolute atomic E-state index is 13.7. The van der Waals surface area contributed by atoms with E-state index < -0.39 is 33.1 Å². The topological polar surface area (TPSA) is 72.5 Å². The normalized spacial score (nSPS) is 11.2. The fourth-order valence-corrected chi connectivity index (χ4v) is 3.90. The fraction of sp³-hybridized carbons (Fsp3) is 0.278. The number of aryl methyl sites for hydroxylation is 1. The van der Waals surface area contributed by atoms with Gasteiger partial charge in [0.2, 0.25) is 5.91 Å². The molecule has 0 spiro atoms. The zero-order valence-electron chi connectivity index (χ0n) is 14.2. The number of carbonyl (C=O) groups excluding carboxylic acids is 1. The van der Waals surface area contributed by atoms with Gasteiger partial charge >= 0.3 is 0 Å². The van der Waals surface area contributed by atoms with Crippen molar-refractivity contribution in [2.75, 3.05) is 18.9 Å². The number of rotatable bonds is 8. The predicted octanol–water partition coefficient (Wildman–Crippen LogP) is 2.90. The van der Waals surface area contributed by atoms with Crippen LogP contribution in [0.3, 0.4) is 0 Å². The lowest BCUT2D eigenvalue weighted by atomic mass is 10.2. The predicted molar refractivity (Wildman–Crippen MR) is 98.6 cm³/mol. The summed E-state index contributed by atoms with van der Waals surface area (Å²) in [4.78, 5) is 11.8. The third-order valence-electron chi connectivity index (χ3n) is 3.46. The van der Waals surface area contributed by atoms with Crippen molar-refractivity contribution in [3.63, 3.8) is 0 Å². The van der Waals surface area contributed by atoms with Gasteiger partial charge in [-0.3, -0.25) is 4.79 Å². The number of halogens is 2. The number of amides is 1. The van der Waals surface area contributed by atoms with E-state index in [1.165, 1.54) is 12.1 Å². The molecular formula is C18H19ClFNO4S. The average Bonchev–Trinajstić information content (AvgIpc) is 2.55. The van der Waals surface area contributed by atoms with Crippen LogP contribution in [0.15, 0.2) is 42.5 Å². The smallest absolute Gasteiger partial charge is 0.235 e. The summed E-state index contributed by atoms with van der Waals surface area (Å²) < 4.78 is 43.3. The van der Waals surface area contributed by atoms with Gasteiger partial charge in [-0.05, 0) is 36.8 Å². The van der Waals surface area contributed by atoms with E-state index in [0.29, 0.717) is 5.75 Å². The van der Waals surface area contributed by atoms with Crippen molar-refractivity contribution in [2.24, 2.45) is 0 Å². The summed E-state index contributed by atoms with van der Waals surface area (Å²) in [6.07, 6.45) is 0. The Morgan fingerprint density at radius 3 is 2.65 bits per heavy atom. The van der Waals surface area contributed by atoms with E-state index in [-0.39, 0.29) is 23.7 Å². The molecular weight excluding hydrogens is 381 g/mol. The number of ether oxygens (including phenoxy) is 1. The molecule has 1 amide bonds. The van der Waals surface area contributed by atoms with Gasteiger partial charge in [0.15, 0.2) is 9.84 Å². The number of hydrogen-bond donors (Lipinski definition) is 1. The van der Waals surface area contributed by atoms with E-state index in [0.717, 1.165) is 11.6 Å². The van der Waals surface area contributed by atoms with Crippen molar-refractivity contribution in [2.45, 2.75) is 12.7 Å². The van der Waals surface area contributed by atoms with E-state index in [2.05, 4.69) is 5.32 Å². The van der Waals surface area contributed by atoms with Crippen molar-refractivity contribution in [1.29, 1.82) is 0 Å². The first-order valence-electron chi connectivity index (χ1n) is 7.86. The third kappa shape index (κ3) is 6.31. The molecule has 0 unspecified atom stereocenters. The minimum Gasteiger partial charge on any atom is -0.492 e. The summed E-state index contributed by atoms with van der Waals surface area (Å²) in [5.41, 5.74) is 0.911. The van der Waals surface area contributed by atoms with Gasteiger partial charge in [0.25, 0.3) is 0 Å². The van der Waals surface area contributed by atoms with Crippen LogP contribution in [0.1, 0.15) is 11.1 Å². The highest BCUT2D eigenvalue weighted by atomic mass is 35.5. The summed E-state index contributed by atoms with van der Waals surface area (Å²) in [5.74, 6) is -2.10. The molecule has 0 radical (unpaired) electrons. The second-order valence-electron chi connectivity index (χ2n) is 5.75. The Labute approximate surface area is 157 Å². The van der Waals surface area contributed by atoms with Crippen LogP contribution >= 0.6 is 11.6 Å². The molecule has 0 aliphatic rings. The molecule has 0 heterocycles. The molecule has 5 nitrogen and oxygen atoms in total. The Morgan fingerprint density at radius 1 is 1.23 bits per heavy atom. The Morgan fingerprint density at radius 2 is 1.96 bits per heavy atom. The minimum absolute atomic E-state index is 0.0144. The number of nitrogens with one attached hydrogen (secondary N) is 1. The second kappa shape index (κ2) is 9.00. The zero-order valence-corrected chi connectivity index (χ0v) is 15.7. The Kier molecular flexibility index (Phi) is 6.99. The summed E-state index contributed by atoms with van der Waals surface area (Å²) in [5, 5.41) is 2.48. The molecule has 0 aliphatic heterocycles. The quantitative estimate of drug-likeness (QED) is 0.693. The summed E-state index contributed by atoms with van der Waals surface area (Å²) in [6.45, 7) is 2.29. The molecule has 0 atom stereocenters. The third-order valence-corrected chi connectivity index (χ3v) is 5.24. The Balaban J connectivity index is 1.81. The lowest BCUT2D eigenvalue weighted by Gasteiger charge is -2.09. The van der Waals surface area contributed by atoms with Crippen LogP contribution in [-0.2, 0) is 20.4 Å². The number of hydrogen-bond acceptors (Lipinski definition) is 4. The van der Waals surface area contributed by atoms with Crippen molar-refractivity contribution >= 4 is 27.3 Å². The van der Waals surface area contributed by atoms with Gasteiger partial charge < -0.3 is 10.1 Å². The first-order valence-corrected chi connectivity index (χ1v) is 10.1. The molecule has 2 rings (SSSR count). The van der Waals surface area contributed by atoms with Crippen LogP contribution < -0.4 is 10.1 Å². The van der Waals surface area contributed by atoms with E-state index in [4.69, 9.17) is 16.3 Å². The van der Waals surface area contributed by atoms with Gasteiger partial charge in [0, 0.05) is 10.6 Å². The molecule has 0 bridgehead atoms. The number of sulfone groups is 1. The lowest BCUT2D eigenvalue weighted by Crippen LogP contribution is -2.33. The van der Waals surface area contributed by atoms with Gasteiger partial charge in [0.1, 0.15) is 23.9 Å². The molecule has 0 fully saturated rings. The van der Waals surface area contributed by atoms with Crippen molar-refractivity contribution < 1.29 is 22.3 Å². The second-order valence-corrected chi connectivity index (χ2v) is 8.22. The van der Waals surface area contributed by atoms with Crippen LogP contribution in [0.4, 0.5) is 4.39 Å². The van der Waals surface area contributed by atoms with E-state index in [9.17, 15) is 17.6 Å². The highest BCUT2D eigenvalue weighted by Gasteiger charge is 2.20. The van der Waals surface area contributed by atoms with Gasteiger partial charge in [-0.25, -0.2) is 12.8 Å². The van der Waals surface area contributed by atoms with Crippen molar-refractivity contribution in [3.05, 3.63) is 64.4 Å². The van der Waals surface area contributed by atoms with Crippen LogP contribution in [-0.4, -0.2) is 33.2 Å². The molecule has 2 aromatic rings. The Hall–Kier alpha value is -2.12. The molecule has 2 aromatic carbocycles. The first-order chi connectivity index (χ1) is 12.3. The van der Waals surface area contributed by atoms with Gasteiger partial charge in [0.05, 0.1) is 12.3 Å². The standard InChI is InChI=1S/C18H19ClFNO4S/c1-13-4-2-5-14(10-13)25-9-8-21-18(22)12-26(23,24)11-15-16(19)6-3-7-17(15)20/h2-7,10H,8-9,11-12H2,1H3,(H,21,22). The summed E-state index contributed by atoms with van der Waals surface area (Å²) >= 11 is 5.82. The highest BCUT2D eigenvalue weighted by molar-refractivity contribution is 7.91. The van der Waals surface area contributed by atoms with Crippen LogP contribution in [0.25, 0.3) is 0 Å². The lowest BCUT2D eigenvalue weighted by molar-refractivity contribution is -0.118. The van der Waals surface area contributed by atoms with Crippen molar-refractivity contribution in [3.8, 4) is 5.75 Å². The number of carbonyl (C=O) groups is 1. The van der Waals surface area contributed by atoms with E-state index in [1.807, 2.05) is 25.1 Å². The molecule has 0 saturated heterocycles. The molecule has 0 aromatic heterocycles. The molecule has 1 N–H and O–H groups in total. The maximum atomic E-state index is 13.7. The van der Waals surface area contributed by atoms with Crippen LogP contribution in [0, 0.1) is 12.7 Å². The van der Waals surface area contributed by atoms with Gasteiger partial charge in [-0.2, -0.15) is 0 Å². The monoisotopic (exact) mass is 399 g/mol. The summed E-state index contributed by atoms with van der Waals surface area (Å²) in [6, 6.07) is 11.3. The number of benzene rings is 2. The largest absolute Gasteiger partial charge is 0.492 e. The highest BCUT2D eigenvalue weighted by Crippen LogP contribution is 2.21. The van der Waals surface area contributed by atoms with Crippen LogP contribution in [0.2, 0.25) is 5.02 Å². The SMILES string of the molecule is Cc1cccc(OCCNC(=O)CS(=O)(=O)Cc2c(F)cccc2Cl)c1. The van der Waals surface area contributed by atoms with Crippen molar-refractivity contribution in [1.82, 2.24) is 5.32 Å². The van der Waals surface area contributed by atoms with Gasteiger partial charge in [-0.15, -0.1) is 0 Å². The maximum Gasteiger partial charge on any atom is 0.235 e. The summed E-state index contributed by atoms with van der Waals surface area (Å²) in [7, 11) is -3.85. The molecule has 140 valence electrons. The zero-order chi connectivity index (χ0) is 19.2. The van der Waals surface area contributed by atoms with E-state index >= 15 is 0 Å². The first kappa shape index (κ1) is 20.2. The molecule has 26 heavy (non-hydrogen) atoms. The molecule has 8 heteroatoms. The van der Waals surface area contributed by atoms with Crippen LogP contribution in [0.5, 0.6) is 5.75 Å². The van der Waals surface area contributed by atoms with E-state index in [1.54, 1.807) is 6.07 Å². The molecule has 0 aliphatic carbocycles. The molecule has 0 saturated carbocycles.